The molecule has 6 nitrogen and oxygen atoms in total. The first-order valence-corrected chi connectivity index (χ1v) is 9.47. The highest BCUT2D eigenvalue weighted by atomic mass is 32.2. The van der Waals surface area contributed by atoms with Crippen LogP contribution in [0.1, 0.15) is 16.7 Å². The average molecular weight is 360 g/mol. The minimum atomic E-state index is -3.56. The van der Waals surface area contributed by atoms with Gasteiger partial charge < -0.3 is 11.1 Å². The molecule has 0 aliphatic heterocycles. The smallest absolute Gasteiger partial charge is 0.240 e. The van der Waals surface area contributed by atoms with Crippen LogP contribution in [0.3, 0.4) is 0 Å². The number of anilines is 1. The fourth-order valence-electron chi connectivity index (χ4n) is 2.34. The second kappa shape index (κ2) is 8.13. The Morgan fingerprint density at radius 3 is 2.52 bits per heavy atom. The molecule has 0 heterocycles. The summed E-state index contributed by atoms with van der Waals surface area (Å²) in [6.07, 6.45) is 0. The lowest BCUT2D eigenvalue weighted by Gasteiger charge is -2.10. The third-order valence-electron chi connectivity index (χ3n) is 3.61. The summed E-state index contributed by atoms with van der Waals surface area (Å²) in [6, 6.07) is 13.1. The molecule has 0 saturated carbocycles. The first kappa shape index (κ1) is 19.0. The van der Waals surface area contributed by atoms with Crippen molar-refractivity contribution in [1.29, 1.82) is 0 Å². The molecule has 0 fully saturated rings. The Hall–Kier alpha value is -2.38. The number of rotatable bonds is 6. The van der Waals surface area contributed by atoms with Gasteiger partial charge in [-0.25, -0.2) is 13.1 Å². The summed E-state index contributed by atoms with van der Waals surface area (Å²) in [7, 11) is -3.56. The number of nitrogens with one attached hydrogen (secondary N) is 2. The van der Waals surface area contributed by atoms with Crippen LogP contribution in [-0.4, -0.2) is 27.5 Å². The van der Waals surface area contributed by atoms with Gasteiger partial charge in [0, 0.05) is 12.2 Å². The molecule has 0 aliphatic carbocycles. The first-order valence-electron chi connectivity index (χ1n) is 7.98. The van der Waals surface area contributed by atoms with E-state index in [0.717, 1.165) is 16.8 Å². The topological polar surface area (TPSA) is 96.6 Å². The quantitative estimate of drug-likeness (QED) is 0.418. The van der Waals surface area contributed by atoms with Crippen LogP contribution in [0.4, 0.5) is 5.69 Å². The van der Waals surface area contributed by atoms with Gasteiger partial charge in [-0.15, -0.1) is 0 Å². The zero-order chi connectivity index (χ0) is 18.4. The number of aliphatic imine (C=N–C) groups is 1. The van der Waals surface area contributed by atoms with Crippen LogP contribution in [0.25, 0.3) is 0 Å². The highest BCUT2D eigenvalue weighted by molar-refractivity contribution is 7.89. The highest BCUT2D eigenvalue weighted by Gasteiger charge is 2.16. The van der Waals surface area contributed by atoms with Gasteiger partial charge >= 0.3 is 0 Å². The third-order valence-corrected chi connectivity index (χ3v) is 5.21. The van der Waals surface area contributed by atoms with Crippen LogP contribution >= 0.6 is 0 Å². The molecule has 0 amide bonds. The van der Waals surface area contributed by atoms with Gasteiger partial charge in [-0.05, 0) is 55.7 Å². The largest absolute Gasteiger partial charge is 0.370 e. The van der Waals surface area contributed by atoms with Crippen LogP contribution in [0.15, 0.2) is 52.4 Å². The molecule has 0 atom stereocenters. The van der Waals surface area contributed by atoms with Crippen molar-refractivity contribution in [3.63, 3.8) is 0 Å². The Balaban J connectivity index is 1.92. The zero-order valence-electron chi connectivity index (χ0n) is 14.7. The molecule has 2 rings (SSSR count). The Bertz CT molecular complexity index is 876. The molecule has 0 unspecified atom stereocenters. The number of nitrogens with two attached hydrogens (primary N) is 1. The predicted molar refractivity (Wildman–Crippen MR) is 102 cm³/mol. The second-order valence-electron chi connectivity index (χ2n) is 5.93. The molecule has 0 aromatic heterocycles. The van der Waals surface area contributed by atoms with Gasteiger partial charge in [0.2, 0.25) is 10.0 Å². The summed E-state index contributed by atoms with van der Waals surface area (Å²) in [6.45, 7) is 6.04. The molecule has 25 heavy (non-hydrogen) atoms. The van der Waals surface area contributed by atoms with E-state index >= 15 is 0 Å². The van der Waals surface area contributed by atoms with Gasteiger partial charge in [0.05, 0.1) is 11.4 Å². The molecule has 0 aliphatic rings. The molecule has 2 aromatic rings. The molecule has 0 saturated heterocycles. The van der Waals surface area contributed by atoms with Crippen LogP contribution in [0, 0.1) is 20.8 Å². The van der Waals surface area contributed by atoms with Crippen molar-refractivity contribution in [1.82, 2.24) is 4.72 Å². The van der Waals surface area contributed by atoms with Crippen LogP contribution in [0.5, 0.6) is 0 Å². The molecule has 0 radical (unpaired) electrons. The molecule has 0 spiro atoms. The van der Waals surface area contributed by atoms with Crippen molar-refractivity contribution < 1.29 is 8.42 Å². The van der Waals surface area contributed by atoms with E-state index in [1.165, 1.54) is 0 Å². The minimum Gasteiger partial charge on any atom is -0.370 e. The van der Waals surface area contributed by atoms with Crippen molar-refractivity contribution in [2.75, 3.05) is 18.4 Å². The van der Waals surface area contributed by atoms with Gasteiger partial charge in [0.1, 0.15) is 0 Å². The van der Waals surface area contributed by atoms with E-state index in [4.69, 9.17) is 5.73 Å². The third kappa shape index (κ3) is 5.58. The predicted octanol–water partition coefficient (Wildman–Crippen LogP) is 2.32. The molecular formula is C18H24N4O2S. The van der Waals surface area contributed by atoms with E-state index < -0.39 is 10.0 Å². The summed E-state index contributed by atoms with van der Waals surface area (Å²) in [5, 5.41) is 2.98. The normalized spacial score (nSPS) is 12.2. The van der Waals surface area contributed by atoms with E-state index in [-0.39, 0.29) is 19.0 Å². The number of benzene rings is 2. The maximum atomic E-state index is 12.4. The number of guanidine groups is 1. The van der Waals surface area contributed by atoms with E-state index in [1.54, 1.807) is 19.1 Å². The number of aryl methyl sites for hydroxylation is 3. The number of sulfonamides is 1. The van der Waals surface area contributed by atoms with E-state index in [0.29, 0.717) is 10.5 Å². The van der Waals surface area contributed by atoms with Crippen molar-refractivity contribution in [3.8, 4) is 0 Å². The summed E-state index contributed by atoms with van der Waals surface area (Å²) in [5.41, 5.74) is 9.39. The molecule has 0 bridgehead atoms. The van der Waals surface area contributed by atoms with E-state index in [9.17, 15) is 8.42 Å². The first-order chi connectivity index (χ1) is 11.8. The monoisotopic (exact) mass is 360 g/mol. The Morgan fingerprint density at radius 1 is 1.08 bits per heavy atom. The lowest BCUT2D eigenvalue weighted by Crippen LogP contribution is -2.29. The Morgan fingerprint density at radius 2 is 1.80 bits per heavy atom. The van der Waals surface area contributed by atoms with Gasteiger partial charge in [-0.1, -0.05) is 24.3 Å². The van der Waals surface area contributed by atoms with Crippen LogP contribution in [-0.2, 0) is 10.0 Å². The Labute approximate surface area is 149 Å². The summed E-state index contributed by atoms with van der Waals surface area (Å²) < 4.78 is 27.3. The summed E-state index contributed by atoms with van der Waals surface area (Å²) >= 11 is 0. The van der Waals surface area contributed by atoms with E-state index in [2.05, 4.69) is 15.0 Å². The summed E-state index contributed by atoms with van der Waals surface area (Å²) in [5.74, 6) is 0.247. The molecule has 7 heteroatoms. The van der Waals surface area contributed by atoms with E-state index in [1.807, 2.05) is 44.2 Å². The fourth-order valence-corrected chi connectivity index (χ4v) is 3.69. The summed E-state index contributed by atoms with van der Waals surface area (Å²) in [4.78, 5) is 4.44. The van der Waals surface area contributed by atoms with Crippen molar-refractivity contribution >= 4 is 21.7 Å². The van der Waals surface area contributed by atoms with Gasteiger partial charge in [0.25, 0.3) is 0 Å². The average Bonchev–Trinajstić information content (AvgIpc) is 2.54. The van der Waals surface area contributed by atoms with Crippen LogP contribution < -0.4 is 15.8 Å². The Kier molecular flexibility index (Phi) is 6.17. The van der Waals surface area contributed by atoms with Gasteiger partial charge in [0.15, 0.2) is 5.96 Å². The van der Waals surface area contributed by atoms with Crippen molar-refractivity contribution in [3.05, 3.63) is 59.2 Å². The van der Waals surface area contributed by atoms with Crippen molar-refractivity contribution in [2.45, 2.75) is 25.7 Å². The lowest BCUT2D eigenvalue weighted by molar-refractivity contribution is 0.581. The number of nitrogens with zero attached hydrogens (tertiary/aromatic N) is 1. The zero-order valence-corrected chi connectivity index (χ0v) is 15.5. The molecule has 2 aromatic carbocycles. The van der Waals surface area contributed by atoms with Crippen LogP contribution in [0.2, 0.25) is 0 Å². The standard InChI is InChI=1S/C18H24N4O2S/c1-13-5-4-6-16(11-13)22-18(19)20-9-10-21-25(23,24)17-12-14(2)7-8-15(17)3/h4-8,11-12,21H,9-10H2,1-3H3,(H3,19,20,22). The SMILES string of the molecule is Cc1cccc(NC(N)=NCCNS(=O)(=O)c2cc(C)ccc2C)c1. The highest BCUT2D eigenvalue weighted by Crippen LogP contribution is 2.16. The molecular weight excluding hydrogens is 336 g/mol. The number of hydrogen-bond acceptors (Lipinski definition) is 3. The number of hydrogen-bond donors (Lipinski definition) is 3. The van der Waals surface area contributed by atoms with Gasteiger partial charge in [-0.2, -0.15) is 0 Å². The molecule has 134 valence electrons. The molecule has 4 N–H and O–H groups in total. The maximum Gasteiger partial charge on any atom is 0.240 e. The van der Waals surface area contributed by atoms with Gasteiger partial charge in [-0.3, -0.25) is 4.99 Å². The fraction of sp³-hybridized carbons (Fsp3) is 0.278. The minimum absolute atomic E-state index is 0.173. The maximum absolute atomic E-state index is 12.4. The second-order valence-corrected chi connectivity index (χ2v) is 7.66. The lowest BCUT2D eigenvalue weighted by atomic mass is 10.2. The van der Waals surface area contributed by atoms with Crippen molar-refractivity contribution in [2.24, 2.45) is 10.7 Å².